The van der Waals surface area contributed by atoms with Gasteiger partial charge in [-0.05, 0) is 57.0 Å². The van der Waals surface area contributed by atoms with E-state index in [1.54, 1.807) is 10.7 Å². The van der Waals surface area contributed by atoms with Crippen LogP contribution in [0.1, 0.15) is 34.2 Å². The van der Waals surface area contributed by atoms with E-state index in [0.717, 1.165) is 16.9 Å². The van der Waals surface area contributed by atoms with Crippen LogP contribution >= 0.6 is 0 Å². The van der Waals surface area contributed by atoms with Gasteiger partial charge in [-0.25, -0.2) is 0 Å². The molecule has 0 radical (unpaired) electrons. The lowest BCUT2D eigenvalue weighted by Gasteiger charge is -2.09. The fraction of sp³-hybridized carbons (Fsp3) is 0.353. The van der Waals surface area contributed by atoms with E-state index in [-0.39, 0.29) is 18.4 Å². The number of aromatic nitrogens is 2. The van der Waals surface area contributed by atoms with E-state index in [1.165, 1.54) is 5.56 Å². The summed E-state index contributed by atoms with van der Waals surface area (Å²) in [5, 5.41) is 9.61. The van der Waals surface area contributed by atoms with Crippen molar-refractivity contribution >= 4 is 17.5 Å². The smallest absolute Gasteiger partial charge is 0.269 e. The minimum absolute atomic E-state index is 0.0836. The molecule has 2 N–H and O–H groups in total. The summed E-state index contributed by atoms with van der Waals surface area (Å²) >= 11 is 0. The standard InChI is InChI=1S/C17H22N4O2/c1-5-21-15(9-13(4)20-21)17(23)18-10-16(22)19-14-7-6-11(2)12(3)8-14/h6-9H,5,10H2,1-4H3,(H,18,23)(H,19,22). The second-order valence-electron chi connectivity index (χ2n) is 5.52. The van der Waals surface area contributed by atoms with Crippen molar-refractivity contribution in [3.05, 3.63) is 46.8 Å². The van der Waals surface area contributed by atoms with Crippen LogP contribution in [0.4, 0.5) is 5.69 Å². The van der Waals surface area contributed by atoms with Crippen molar-refractivity contribution in [1.29, 1.82) is 0 Å². The van der Waals surface area contributed by atoms with Crippen LogP contribution in [0.5, 0.6) is 0 Å². The number of hydrogen-bond donors (Lipinski definition) is 2. The quantitative estimate of drug-likeness (QED) is 0.888. The van der Waals surface area contributed by atoms with Crippen molar-refractivity contribution < 1.29 is 9.59 Å². The Hall–Kier alpha value is -2.63. The molecule has 6 nitrogen and oxygen atoms in total. The molecule has 2 rings (SSSR count). The Kier molecular flexibility index (Phi) is 5.16. The van der Waals surface area contributed by atoms with E-state index in [9.17, 15) is 9.59 Å². The molecule has 122 valence electrons. The predicted molar refractivity (Wildman–Crippen MR) is 89.5 cm³/mol. The summed E-state index contributed by atoms with van der Waals surface area (Å²) in [6, 6.07) is 7.41. The average molecular weight is 314 g/mol. The third kappa shape index (κ3) is 4.18. The molecule has 0 atom stereocenters. The summed E-state index contributed by atoms with van der Waals surface area (Å²) in [5.74, 6) is -0.566. The number of nitrogens with zero attached hydrogens (tertiary/aromatic N) is 2. The molecular weight excluding hydrogens is 292 g/mol. The Morgan fingerprint density at radius 1 is 1.13 bits per heavy atom. The second-order valence-corrected chi connectivity index (χ2v) is 5.52. The maximum absolute atomic E-state index is 12.1. The highest BCUT2D eigenvalue weighted by molar-refractivity contribution is 5.98. The minimum Gasteiger partial charge on any atom is -0.342 e. The zero-order valence-corrected chi connectivity index (χ0v) is 13.9. The van der Waals surface area contributed by atoms with Gasteiger partial charge in [0.1, 0.15) is 5.69 Å². The van der Waals surface area contributed by atoms with Crippen molar-refractivity contribution in [2.45, 2.75) is 34.2 Å². The second kappa shape index (κ2) is 7.09. The maximum Gasteiger partial charge on any atom is 0.269 e. The summed E-state index contributed by atoms with van der Waals surface area (Å²) in [5.41, 5.74) is 4.23. The Balaban J connectivity index is 1.93. The Morgan fingerprint density at radius 2 is 1.87 bits per heavy atom. The Bertz CT molecular complexity index is 734. The van der Waals surface area contributed by atoms with Crippen molar-refractivity contribution in [2.24, 2.45) is 0 Å². The molecule has 0 saturated heterocycles. The molecule has 0 aliphatic heterocycles. The monoisotopic (exact) mass is 314 g/mol. The van der Waals surface area contributed by atoms with E-state index in [2.05, 4.69) is 15.7 Å². The topological polar surface area (TPSA) is 76.0 Å². The summed E-state index contributed by atoms with van der Waals surface area (Å²) < 4.78 is 1.62. The molecule has 0 bridgehead atoms. The van der Waals surface area contributed by atoms with Gasteiger partial charge in [0, 0.05) is 12.2 Å². The fourth-order valence-electron chi connectivity index (χ4n) is 2.24. The highest BCUT2D eigenvalue weighted by Crippen LogP contribution is 2.13. The molecular formula is C17H22N4O2. The number of nitrogens with one attached hydrogen (secondary N) is 2. The third-order valence-corrected chi connectivity index (χ3v) is 3.63. The number of hydrogen-bond acceptors (Lipinski definition) is 3. The molecule has 1 aromatic heterocycles. The molecule has 0 saturated carbocycles. The summed E-state index contributed by atoms with van der Waals surface area (Å²) in [7, 11) is 0. The van der Waals surface area contributed by atoms with Gasteiger partial charge in [-0.15, -0.1) is 0 Å². The first-order chi connectivity index (χ1) is 10.9. The van der Waals surface area contributed by atoms with Crippen LogP contribution in [0.2, 0.25) is 0 Å². The van der Waals surface area contributed by atoms with Crippen LogP contribution in [0.3, 0.4) is 0 Å². The Morgan fingerprint density at radius 3 is 2.52 bits per heavy atom. The predicted octanol–water partition coefficient (Wildman–Crippen LogP) is 2.20. The number of rotatable bonds is 5. The molecule has 6 heteroatoms. The molecule has 1 aromatic carbocycles. The van der Waals surface area contributed by atoms with Crippen molar-refractivity contribution in [3.8, 4) is 0 Å². The van der Waals surface area contributed by atoms with Crippen molar-refractivity contribution in [3.63, 3.8) is 0 Å². The molecule has 23 heavy (non-hydrogen) atoms. The van der Waals surface area contributed by atoms with Crippen LogP contribution in [-0.4, -0.2) is 28.1 Å². The van der Waals surface area contributed by atoms with E-state index >= 15 is 0 Å². The van der Waals surface area contributed by atoms with Gasteiger partial charge in [0.05, 0.1) is 12.2 Å². The molecule has 0 spiro atoms. The first-order valence-electron chi connectivity index (χ1n) is 7.60. The number of carbonyl (C=O) groups excluding carboxylic acids is 2. The van der Waals surface area contributed by atoms with Gasteiger partial charge >= 0.3 is 0 Å². The van der Waals surface area contributed by atoms with Crippen LogP contribution in [-0.2, 0) is 11.3 Å². The molecule has 0 unspecified atom stereocenters. The van der Waals surface area contributed by atoms with Crippen molar-refractivity contribution in [1.82, 2.24) is 15.1 Å². The number of anilines is 1. The molecule has 2 amide bonds. The molecule has 2 aromatic rings. The summed E-state index contributed by atoms with van der Waals surface area (Å²) in [4.78, 5) is 24.1. The normalized spacial score (nSPS) is 10.4. The van der Waals surface area contributed by atoms with Crippen molar-refractivity contribution in [2.75, 3.05) is 11.9 Å². The minimum atomic E-state index is -0.303. The SMILES string of the molecule is CCn1nc(C)cc1C(=O)NCC(=O)Nc1ccc(C)c(C)c1. The van der Waals surface area contributed by atoms with Gasteiger partial charge in [-0.1, -0.05) is 6.07 Å². The van der Waals surface area contributed by atoms with Gasteiger partial charge in [0.25, 0.3) is 5.91 Å². The lowest BCUT2D eigenvalue weighted by Crippen LogP contribution is -2.34. The summed E-state index contributed by atoms with van der Waals surface area (Å²) in [6.45, 7) is 8.26. The van der Waals surface area contributed by atoms with Crippen LogP contribution in [0.25, 0.3) is 0 Å². The lowest BCUT2D eigenvalue weighted by molar-refractivity contribution is -0.115. The van der Waals surface area contributed by atoms with Gasteiger partial charge in [0.15, 0.2) is 0 Å². The number of aryl methyl sites for hydroxylation is 4. The van der Waals surface area contributed by atoms with E-state index in [1.807, 2.05) is 45.9 Å². The maximum atomic E-state index is 12.1. The van der Waals surface area contributed by atoms with Crippen LogP contribution < -0.4 is 10.6 Å². The van der Waals surface area contributed by atoms with Gasteiger partial charge in [-0.2, -0.15) is 5.10 Å². The lowest BCUT2D eigenvalue weighted by atomic mass is 10.1. The van der Waals surface area contributed by atoms with Crippen LogP contribution in [0, 0.1) is 20.8 Å². The van der Waals surface area contributed by atoms with E-state index in [4.69, 9.17) is 0 Å². The largest absolute Gasteiger partial charge is 0.342 e. The first kappa shape index (κ1) is 16.7. The number of benzene rings is 1. The van der Waals surface area contributed by atoms with Crippen LogP contribution in [0.15, 0.2) is 24.3 Å². The van der Waals surface area contributed by atoms with Gasteiger partial charge < -0.3 is 10.6 Å². The molecule has 1 heterocycles. The van der Waals surface area contributed by atoms with Gasteiger partial charge in [-0.3, -0.25) is 14.3 Å². The average Bonchev–Trinajstić information content (AvgIpc) is 2.90. The van der Waals surface area contributed by atoms with E-state index in [0.29, 0.717) is 12.2 Å². The highest BCUT2D eigenvalue weighted by atomic mass is 16.2. The fourth-order valence-corrected chi connectivity index (χ4v) is 2.24. The highest BCUT2D eigenvalue weighted by Gasteiger charge is 2.14. The zero-order valence-electron chi connectivity index (χ0n) is 13.9. The third-order valence-electron chi connectivity index (χ3n) is 3.63. The van der Waals surface area contributed by atoms with E-state index < -0.39 is 0 Å². The number of carbonyl (C=O) groups is 2. The Labute approximate surface area is 135 Å². The van der Waals surface area contributed by atoms with Gasteiger partial charge in [0.2, 0.25) is 5.91 Å². The summed E-state index contributed by atoms with van der Waals surface area (Å²) in [6.07, 6.45) is 0. The first-order valence-corrected chi connectivity index (χ1v) is 7.60. The zero-order chi connectivity index (χ0) is 17.0. The molecule has 0 aliphatic carbocycles. The molecule has 0 fully saturated rings. The number of amides is 2. The molecule has 0 aliphatic rings.